The molecular weight excluding hydrogens is 505 g/mol. The molecule has 0 atom stereocenters. The lowest BCUT2D eigenvalue weighted by Gasteiger charge is -2.14. The Labute approximate surface area is 202 Å². The first-order valence-electron chi connectivity index (χ1n) is 10.7. The first kappa shape index (κ1) is 25.0. The van der Waals surface area contributed by atoms with Gasteiger partial charge in [0, 0.05) is 6.07 Å². The fraction of sp³-hybridized carbons (Fsp3) is 0.400. The third-order valence-electron chi connectivity index (χ3n) is 4.91. The van der Waals surface area contributed by atoms with E-state index in [9.17, 15) is 0 Å². The van der Waals surface area contributed by atoms with E-state index in [0.29, 0.717) is 26.4 Å². The Bertz CT molecular complexity index is 1010. The van der Waals surface area contributed by atoms with E-state index in [-0.39, 0.29) is 24.0 Å². The maximum Gasteiger partial charge on any atom is 0.193 e. The van der Waals surface area contributed by atoms with Crippen molar-refractivity contribution < 1.29 is 47.5 Å². The minimum atomic E-state index is 0. The third-order valence-corrected chi connectivity index (χ3v) is 4.91. The summed E-state index contributed by atoms with van der Waals surface area (Å²) in [6, 6.07) is 12.4. The van der Waals surface area contributed by atoms with E-state index in [0.717, 1.165) is 45.8 Å². The molecule has 0 spiro atoms. The van der Waals surface area contributed by atoms with Crippen LogP contribution in [0.2, 0.25) is 0 Å². The van der Waals surface area contributed by atoms with Crippen molar-refractivity contribution in [3.05, 3.63) is 53.9 Å². The van der Waals surface area contributed by atoms with Gasteiger partial charge in [-0.3, -0.25) is 0 Å². The summed E-state index contributed by atoms with van der Waals surface area (Å²) >= 11 is 0. The molecule has 31 heavy (non-hydrogen) atoms. The highest BCUT2D eigenvalue weighted by atomic mass is 127. The van der Waals surface area contributed by atoms with Crippen molar-refractivity contribution in [1.82, 2.24) is 0 Å². The molecule has 3 rings (SSSR count). The molecule has 0 fully saturated rings. The van der Waals surface area contributed by atoms with Gasteiger partial charge in [0.05, 0.1) is 38.2 Å². The standard InChI is InChI=1S/C25H32NO4.HI/c1-6-27-22-11-10-18(15-23(22)28-7-2)14-21-20-17-25(30-9-4)24(29-8-3)16-19(20)12-13-26(21)5;/h10-13,15-17H,6-9,14H2,1-5H3;1H/q+1;/p-1. The van der Waals surface area contributed by atoms with Gasteiger partial charge in [0.15, 0.2) is 34.9 Å². The molecule has 0 saturated heterocycles. The van der Waals surface area contributed by atoms with Crippen molar-refractivity contribution in [2.24, 2.45) is 7.05 Å². The van der Waals surface area contributed by atoms with E-state index >= 15 is 0 Å². The number of aryl methyl sites for hydroxylation is 1. The molecule has 0 N–H and O–H groups in total. The quantitative estimate of drug-likeness (QED) is 0.293. The molecule has 2 aromatic carbocycles. The average Bonchev–Trinajstić information content (AvgIpc) is 2.73. The van der Waals surface area contributed by atoms with Crippen molar-refractivity contribution in [3.63, 3.8) is 0 Å². The van der Waals surface area contributed by atoms with Gasteiger partial charge in [-0.05, 0) is 62.9 Å². The second-order valence-corrected chi connectivity index (χ2v) is 6.95. The van der Waals surface area contributed by atoms with E-state index in [4.69, 9.17) is 18.9 Å². The Hall–Kier alpha value is -2.22. The summed E-state index contributed by atoms with van der Waals surface area (Å²) in [5, 5.41) is 2.28. The molecule has 6 heteroatoms. The van der Waals surface area contributed by atoms with Crippen LogP contribution in [0.3, 0.4) is 0 Å². The van der Waals surface area contributed by atoms with Crippen LogP contribution in [0.5, 0.6) is 23.0 Å². The van der Waals surface area contributed by atoms with Crippen LogP contribution in [0.4, 0.5) is 0 Å². The highest BCUT2D eigenvalue weighted by Crippen LogP contribution is 2.35. The van der Waals surface area contributed by atoms with Gasteiger partial charge in [0.2, 0.25) is 0 Å². The van der Waals surface area contributed by atoms with Crippen LogP contribution in [0.1, 0.15) is 39.0 Å². The predicted molar refractivity (Wildman–Crippen MR) is 119 cm³/mol. The summed E-state index contributed by atoms with van der Waals surface area (Å²) < 4.78 is 25.3. The number of pyridine rings is 1. The number of ether oxygens (including phenoxy) is 4. The first-order valence-corrected chi connectivity index (χ1v) is 10.7. The zero-order chi connectivity index (χ0) is 21.5. The van der Waals surface area contributed by atoms with Crippen molar-refractivity contribution in [2.75, 3.05) is 26.4 Å². The van der Waals surface area contributed by atoms with Gasteiger partial charge in [0.1, 0.15) is 7.05 Å². The molecule has 0 saturated carbocycles. The molecule has 0 aliphatic rings. The van der Waals surface area contributed by atoms with Crippen molar-refractivity contribution in [3.8, 4) is 23.0 Å². The number of hydrogen-bond acceptors (Lipinski definition) is 4. The van der Waals surface area contributed by atoms with Crippen LogP contribution in [0.15, 0.2) is 42.6 Å². The van der Waals surface area contributed by atoms with E-state index in [1.54, 1.807) is 0 Å². The fourth-order valence-electron chi connectivity index (χ4n) is 3.59. The van der Waals surface area contributed by atoms with Gasteiger partial charge in [-0.15, -0.1) is 0 Å². The summed E-state index contributed by atoms with van der Waals surface area (Å²) in [4.78, 5) is 0. The topological polar surface area (TPSA) is 40.8 Å². The molecular formula is C25H32INO4. The number of aromatic nitrogens is 1. The normalized spacial score (nSPS) is 10.5. The highest BCUT2D eigenvalue weighted by Gasteiger charge is 2.18. The van der Waals surface area contributed by atoms with E-state index < -0.39 is 0 Å². The maximum absolute atomic E-state index is 5.87. The number of halogens is 1. The Balaban J connectivity index is 0.00000341. The molecule has 1 aromatic heterocycles. The average molecular weight is 537 g/mol. The van der Waals surface area contributed by atoms with Crippen molar-refractivity contribution in [2.45, 2.75) is 34.1 Å². The predicted octanol–water partition coefficient (Wildman–Crippen LogP) is 1.85. The monoisotopic (exact) mass is 537 g/mol. The summed E-state index contributed by atoms with van der Waals surface area (Å²) in [7, 11) is 2.07. The summed E-state index contributed by atoms with van der Waals surface area (Å²) in [5.74, 6) is 3.13. The van der Waals surface area contributed by atoms with E-state index in [1.165, 1.54) is 5.69 Å². The largest absolute Gasteiger partial charge is 1.00 e. The third kappa shape index (κ3) is 5.93. The second kappa shape index (κ2) is 12.0. The zero-order valence-electron chi connectivity index (χ0n) is 19.0. The molecule has 1 heterocycles. The molecule has 168 valence electrons. The number of nitrogens with zero attached hydrogens (tertiary/aromatic N) is 1. The minimum Gasteiger partial charge on any atom is -1.00 e. The van der Waals surface area contributed by atoms with Gasteiger partial charge in [-0.25, -0.2) is 4.57 Å². The Morgan fingerprint density at radius 2 is 1.23 bits per heavy atom. The fourth-order valence-corrected chi connectivity index (χ4v) is 3.59. The van der Waals surface area contributed by atoms with E-state index in [1.807, 2.05) is 33.8 Å². The Kier molecular flexibility index (Phi) is 9.68. The summed E-state index contributed by atoms with van der Waals surface area (Å²) in [5.41, 5.74) is 2.36. The first-order chi connectivity index (χ1) is 14.6. The molecule has 0 aliphatic heterocycles. The van der Waals surface area contributed by atoms with Crippen molar-refractivity contribution >= 4 is 10.8 Å². The molecule has 3 aromatic rings. The molecule has 0 bridgehead atoms. The van der Waals surface area contributed by atoms with Gasteiger partial charge < -0.3 is 42.9 Å². The molecule has 0 aliphatic carbocycles. The Morgan fingerprint density at radius 3 is 1.84 bits per heavy atom. The number of rotatable bonds is 10. The van der Waals surface area contributed by atoms with Crippen LogP contribution in [0, 0.1) is 0 Å². The molecule has 0 unspecified atom stereocenters. The molecule has 0 radical (unpaired) electrons. The van der Waals surface area contributed by atoms with Crippen LogP contribution in [0.25, 0.3) is 10.8 Å². The Morgan fingerprint density at radius 1 is 0.677 bits per heavy atom. The minimum absolute atomic E-state index is 0. The lowest BCUT2D eigenvalue weighted by atomic mass is 10.0. The maximum atomic E-state index is 5.87. The van der Waals surface area contributed by atoms with Crippen LogP contribution in [-0.4, -0.2) is 26.4 Å². The lowest BCUT2D eigenvalue weighted by molar-refractivity contribution is -0.677. The van der Waals surface area contributed by atoms with Gasteiger partial charge in [-0.2, -0.15) is 0 Å². The zero-order valence-corrected chi connectivity index (χ0v) is 21.2. The summed E-state index contributed by atoms with van der Waals surface area (Å²) in [6.07, 6.45) is 2.85. The van der Waals surface area contributed by atoms with Crippen LogP contribution < -0.4 is 47.5 Å². The van der Waals surface area contributed by atoms with E-state index in [2.05, 4.69) is 48.1 Å². The number of benzene rings is 2. The number of fused-ring (bicyclic) bond motifs is 1. The number of hydrogen-bond donors (Lipinski definition) is 0. The van der Waals surface area contributed by atoms with Gasteiger partial charge in [-0.1, -0.05) is 6.07 Å². The second-order valence-electron chi connectivity index (χ2n) is 6.95. The lowest BCUT2D eigenvalue weighted by Crippen LogP contribution is -3.00. The summed E-state index contributed by atoms with van der Waals surface area (Å²) in [6.45, 7) is 10.3. The van der Waals surface area contributed by atoms with Gasteiger partial charge >= 0.3 is 0 Å². The van der Waals surface area contributed by atoms with Gasteiger partial charge in [0.25, 0.3) is 0 Å². The van der Waals surface area contributed by atoms with Crippen molar-refractivity contribution in [1.29, 1.82) is 0 Å². The SMILES string of the molecule is CCOc1ccc(Cc2c3cc(OCC)c(OCC)cc3cc[n+]2C)cc1OCC.[I-]. The van der Waals surface area contributed by atoms with Crippen LogP contribution in [-0.2, 0) is 13.5 Å². The molecule has 0 amide bonds. The highest BCUT2D eigenvalue weighted by molar-refractivity contribution is 5.87. The van der Waals surface area contributed by atoms with Crippen LogP contribution >= 0.6 is 0 Å². The molecule has 5 nitrogen and oxygen atoms in total. The smallest absolute Gasteiger partial charge is 0.193 e.